The van der Waals surface area contributed by atoms with Crippen molar-refractivity contribution in [3.8, 4) is 0 Å². The molecule has 0 fully saturated rings. The minimum Gasteiger partial charge on any atom is -1.00 e. The number of amides is 1. The largest absolute Gasteiger partial charge is 1.00 e. The zero-order valence-corrected chi connectivity index (χ0v) is 8.86. The van der Waals surface area contributed by atoms with E-state index < -0.39 is 0 Å². The number of quaternary nitrogens is 1. The maximum Gasteiger partial charge on any atom is 0.299 e. The number of unbranched alkanes of at least 4 members (excludes halogenated alkanes) is 2. The highest BCUT2D eigenvalue weighted by Gasteiger charge is 2.03. The Kier molecular flexibility index (Phi) is 13.1. The van der Waals surface area contributed by atoms with Crippen molar-refractivity contribution < 1.29 is 22.1 Å². The van der Waals surface area contributed by atoms with E-state index >= 15 is 0 Å². The normalized spacial score (nSPS) is 9.58. The van der Waals surface area contributed by atoms with Crippen LogP contribution in [0.2, 0.25) is 0 Å². The Morgan fingerprint density at radius 2 is 1.50 bits per heavy atom. The van der Waals surface area contributed by atoms with Gasteiger partial charge in [-0.15, -0.1) is 0 Å². The van der Waals surface area contributed by atoms with E-state index in [4.69, 9.17) is 0 Å². The molecule has 74 valence electrons. The fourth-order valence-corrected chi connectivity index (χ4v) is 1.05. The number of hydrogen-bond acceptors (Lipinski definition) is 1. The lowest BCUT2D eigenvalue weighted by Gasteiger charge is -2.09. The van der Waals surface area contributed by atoms with Crippen LogP contribution < -0.4 is 17.3 Å². The van der Waals surface area contributed by atoms with Crippen LogP contribution >= 0.6 is 0 Å². The van der Waals surface area contributed by atoms with Crippen LogP contribution in [0, 0.1) is 0 Å². The van der Waals surface area contributed by atoms with Crippen molar-refractivity contribution in [1.82, 2.24) is 0 Å². The van der Waals surface area contributed by atoms with Gasteiger partial charge in [-0.1, -0.05) is 26.7 Å². The Labute approximate surface area is 81.7 Å². The van der Waals surface area contributed by atoms with E-state index in [2.05, 4.69) is 13.8 Å². The molecule has 0 aromatic carbocycles. The summed E-state index contributed by atoms with van der Waals surface area (Å²) in [7, 11) is 0. The summed E-state index contributed by atoms with van der Waals surface area (Å²) in [5, 5.41) is 0. The quantitative estimate of drug-likeness (QED) is 0.449. The number of carbonyl (C=O) groups excluding carboxylic acids is 1. The molecule has 0 heterocycles. The molecule has 0 aromatic heterocycles. The van der Waals surface area contributed by atoms with Crippen molar-refractivity contribution in [3.05, 3.63) is 0 Å². The van der Waals surface area contributed by atoms with E-state index in [0.29, 0.717) is 0 Å². The summed E-state index contributed by atoms with van der Waals surface area (Å²) in [6, 6.07) is 0. The van der Waals surface area contributed by atoms with E-state index in [0.717, 1.165) is 37.2 Å². The van der Waals surface area contributed by atoms with E-state index in [1.54, 1.807) is 0 Å². The van der Waals surface area contributed by atoms with Crippen LogP contribution in [0.1, 0.15) is 39.5 Å². The van der Waals surface area contributed by atoms with Gasteiger partial charge in [0.2, 0.25) is 0 Å². The molecule has 0 bridgehead atoms. The van der Waals surface area contributed by atoms with Gasteiger partial charge in [0.1, 0.15) is 0 Å². The van der Waals surface area contributed by atoms with Crippen LogP contribution in [0.5, 0.6) is 0 Å². The Bertz CT molecular complexity index is 90.5. The molecule has 1 N–H and O–H groups in total. The summed E-state index contributed by atoms with van der Waals surface area (Å²) in [4.78, 5) is 11.6. The van der Waals surface area contributed by atoms with Gasteiger partial charge in [-0.3, -0.25) is 4.90 Å². The van der Waals surface area contributed by atoms with Gasteiger partial charge in [-0.05, 0) is 12.8 Å². The molecule has 0 aliphatic rings. The second-order valence-electron chi connectivity index (χ2n) is 2.98. The Morgan fingerprint density at radius 3 is 1.75 bits per heavy atom. The summed E-state index contributed by atoms with van der Waals surface area (Å²) in [6.45, 7) is 6.34. The number of carbonyl (C=O) groups is 1. The number of hydrogen-bond donors (Lipinski definition) is 1. The van der Waals surface area contributed by atoms with E-state index in [-0.39, 0.29) is 12.4 Å². The molecule has 0 radical (unpaired) electrons. The molecule has 0 spiro atoms. The van der Waals surface area contributed by atoms with Crippen molar-refractivity contribution in [1.29, 1.82) is 0 Å². The van der Waals surface area contributed by atoms with E-state index in [1.165, 1.54) is 12.8 Å². The maximum absolute atomic E-state index is 10.5. The van der Waals surface area contributed by atoms with Gasteiger partial charge < -0.3 is 12.4 Å². The molecule has 0 unspecified atom stereocenters. The number of nitrogens with one attached hydrogen (secondary N) is 1. The fourth-order valence-electron chi connectivity index (χ4n) is 1.05. The molecule has 12 heavy (non-hydrogen) atoms. The zero-order chi connectivity index (χ0) is 8.53. The molecule has 0 aliphatic heterocycles. The highest BCUT2D eigenvalue weighted by Crippen LogP contribution is 1.81. The third kappa shape index (κ3) is 8.02. The second-order valence-corrected chi connectivity index (χ2v) is 2.98. The first-order valence-corrected chi connectivity index (χ1v) is 4.65. The average molecular weight is 194 g/mol. The van der Waals surface area contributed by atoms with Gasteiger partial charge >= 0.3 is 0 Å². The molecule has 3 heteroatoms. The Morgan fingerprint density at radius 1 is 1.08 bits per heavy atom. The number of rotatable bonds is 7. The fraction of sp³-hybridized carbons (Fsp3) is 0.889. The molecular weight excluding hydrogens is 174 g/mol. The molecule has 0 rings (SSSR count). The van der Waals surface area contributed by atoms with Gasteiger partial charge in [0.15, 0.2) is 0 Å². The van der Waals surface area contributed by atoms with E-state index in [9.17, 15) is 4.79 Å². The van der Waals surface area contributed by atoms with Crippen molar-refractivity contribution in [2.45, 2.75) is 39.5 Å². The zero-order valence-electron chi connectivity index (χ0n) is 8.11. The first-order valence-electron chi connectivity index (χ1n) is 4.65. The van der Waals surface area contributed by atoms with Crippen molar-refractivity contribution >= 4 is 6.41 Å². The van der Waals surface area contributed by atoms with Gasteiger partial charge in [-0.25, -0.2) is 4.79 Å². The van der Waals surface area contributed by atoms with Gasteiger partial charge in [-0.2, -0.15) is 0 Å². The first-order chi connectivity index (χ1) is 5.35. The van der Waals surface area contributed by atoms with Crippen LogP contribution in [0.3, 0.4) is 0 Å². The smallest absolute Gasteiger partial charge is 0.299 e. The molecule has 0 saturated heterocycles. The Hall–Kier alpha value is -0.0800. The summed E-state index contributed by atoms with van der Waals surface area (Å²) >= 11 is 0. The molecule has 0 aromatic rings. The highest BCUT2D eigenvalue weighted by atomic mass is 35.5. The SMILES string of the molecule is CCCC[NH+](C=O)CCCC.[Cl-]. The first kappa shape index (κ1) is 14.4. The van der Waals surface area contributed by atoms with Crippen molar-refractivity contribution in [3.63, 3.8) is 0 Å². The lowest BCUT2D eigenvalue weighted by atomic mass is 10.3. The third-order valence-electron chi connectivity index (χ3n) is 1.87. The van der Waals surface area contributed by atoms with Crippen LogP contribution in [-0.2, 0) is 4.79 Å². The van der Waals surface area contributed by atoms with Crippen LogP contribution in [0.25, 0.3) is 0 Å². The lowest BCUT2D eigenvalue weighted by molar-refractivity contribution is -0.811. The molecular formula is C9H20ClNO. The predicted molar refractivity (Wildman–Crippen MR) is 46.6 cm³/mol. The third-order valence-corrected chi connectivity index (χ3v) is 1.87. The van der Waals surface area contributed by atoms with Crippen molar-refractivity contribution in [2.75, 3.05) is 13.1 Å². The van der Waals surface area contributed by atoms with Gasteiger partial charge in [0.25, 0.3) is 6.41 Å². The monoisotopic (exact) mass is 193 g/mol. The Balaban J connectivity index is 0. The maximum atomic E-state index is 10.5. The molecule has 1 amide bonds. The number of halogens is 1. The summed E-state index contributed by atoms with van der Waals surface area (Å²) in [5.41, 5.74) is 0. The summed E-state index contributed by atoms with van der Waals surface area (Å²) in [6.07, 6.45) is 5.74. The van der Waals surface area contributed by atoms with Gasteiger partial charge in [0, 0.05) is 0 Å². The second kappa shape index (κ2) is 10.9. The van der Waals surface area contributed by atoms with Crippen LogP contribution in [-0.4, -0.2) is 19.5 Å². The van der Waals surface area contributed by atoms with Crippen LogP contribution in [0.15, 0.2) is 0 Å². The molecule has 0 aliphatic carbocycles. The standard InChI is InChI=1S/C9H19NO.ClH/c1-3-5-7-10(9-11)8-6-4-2;/h9H,3-8H2,1-2H3;1H. The minimum atomic E-state index is 0. The highest BCUT2D eigenvalue weighted by molar-refractivity contribution is 5.33. The van der Waals surface area contributed by atoms with Gasteiger partial charge in [0.05, 0.1) is 13.1 Å². The summed E-state index contributed by atoms with van der Waals surface area (Å²) in [5.74, 6) is 0. The summed E-state index contributed by atoms with van der Waals surface area (Å²) < 4.78 is 0. The topological polar surface area (TPSA) is 21.5 Å². The molecule has 0 atom stereocenters. The van der Waals surface area contributed by atoms with Crippen LogP contribution in [0.4, 0.5) is 0 Å². The minimum absolute atomic E-state index is 0. The van der Waals surface area contributed by atoms with Crippen molar-refractivity contribution in [2.24, 2.45) is 0 Å². The molecule has 0 saturated carbocycles. The molecule has 2 nitrogen and oxygen atoms in total. The van der Waals surface area contributed by atoms with E-state index in [1.807, 2.05) is 0 Å². The predicted octanol–water partition coefficient (Wildman–Crippen LogP) is -2.37. The average Bonchev–Trinajstić information content (AvgIpc) is 2.05. The lowest BCUT2D eigenvalue weighted by Crippen LogP contribution is -3.11.